The Labute approximate surface area is 107 Å². The summed E-state index contributed by atoms with van der Waals surface area (Å²) in [6.07, 6.45) is 0. The first-order chi connectivity index (χ1) is 8.70. The number of carbonyl (C=O) groups is 1. The van der Waals surface area contributed by atoms with Gasteiger partial charge in [-0.05, 0) is 12.1 Å². The monoisotopic (exact) mass is 253 g/mol. The molecule has 0 saturated heterocycles. The van der Waals surface area contributed by atoms with E-state index in [9.17, 15) is 9.90 Å². The van der Waals surface area contributed by atoms with E-state index in [2.05, 4.69) is 0 Å². The molecule has 5 heteroatoms. The van der Waals surface area contributed by atoms with Crippen LogP contribution >= 0.6 is 0 Å². The fourth-order valence-corrected chi connectivity index (χ4v) is 1.69. The minimum atomic E-state index is -0.926. The van der Waals surface area contributed by atoms with Crippen molar-refractivity contribution in [2.45, 2.75) is 0 Å². The van der Waals surface area contributed by atoms with Crippen LogP contribution in [-0.2, 0) is 9.47 Å². The Morgan fingerprint density at radius 3 is 2.22 bits per heavy atom. The third kappa shape index (κ3) is 4.01. The molecule has 100 valence electrons. The number of aromatic carboxylic acids is 1. The second kappa shape index (κ2) is 7.68. The highest BCUT2D eigenvalue weighted by atomic mass is 16.5. The highest BCUT2D eigenvalue weighted by Gasteiger charge is 2.14. The van der Waals surface area contributed by atoms with E-state index in [0.717, 1.165) is 0 Å². The van der Waals surface area contributed by atoms with Crippen LogP contribution in [-0.4, -0.2) is 51.6 Å². The molecule has 0 radical (unpaired) electrons. The van der Waals surface area contributed by atoms with Gasteiger partial charge < -0.3 is 19.5 Å². The number of anilines is 1. The number of para-hydroxylation sites is 1. The maximum absolute atomic E-state index is 11.2. The second-order valence-electron chi connectivity index (χ2n) is 3.79. The lowest BCUT2D eigenvalue weighted by Crippen LogP contribution is -2.31. The summed E-state index contributed by atoms with van der Waals surface area (Å²) in [6.45, 7) is 2.34. The number of carboxylic acid groups (broad SMARTS) is 1. The molecule has 1 N–H and O–H groups in total. The van der Waals surface area contributed by atoms with Crippen LogP contribution in [0.25, 0.3) is 0 Å². The Morgan fingerprint density at radius 2 is 1.72 bits per heavy atom. The Hall–Kier alpha value is -1.59. The van der Waals surface area contributed by atoms with Crippen molar-refractivity contribution >= 4 is 11.7 Å². The van der Waals surface area contributed by atoms with E-state index in [4.69, 9.17) is 9.47 Å². The zero-order chi connectivity index (χ0) is 13.4. The van der Waals surface area contributed by atoms with Gasteiger partial charge in [0.05, 0.1) is 24.5 Å². The first-order valence-corrected chi connectivity index (χ1v) is 5.75. The molecule has 0 aliphatic heterocycles. The van der Waals surface area contributed by atoms with Crippen molar-refractivity contribution in [3.05, 3.63) is 29.8 Å². The molecule has 5 nitrogen and oxygen atoms in total. The summed E-state index contributed by atoms with van der Waals surface area (Å²) in [4.78, 5) is 13.1. The van der Waals surface area contributed by atoms with Gasteiger partial charge in [-0.25, -0.2) is 4.79 Å². The summed E-state index contributed by atoms with van der Waals surface area (Å²) in [5.74, 6) is -0.926. The molecule has 1 aromatic rings. The van der Waals surface area contributed by atoms with Crippen molar-refractivity contribution in [3.63, 3.8) is 0 Å². The van der Waals surface area contributed by atoms with Gasteiger partial charge in [0, 0.05) is 27.3 Å². The normalized spacial score (nSPS) is 10.3. The number of nitrogens with zero attached hydrogens (tertiary/aromatic N) is 1. The van der Waals surface area contributed by atoms with Crippen LogP contribution < -0.4 is 4.90 Å². The van der Waals surface area contributed by atoms with Crippen LogP contribution in [0.5, 0.6) is 0 Å². The molecular formula is C13H19NO4. The van der Waals surface area contributed by atoms with Crippen LogP contribution in [0.1, 0.15) is 10.4 Å². The standard InChI is InChI=1S/C13H19NO4/c1-17-9-7-14(8-10-18-2)12-6-4-3-5-11(12)13(15)16/h3-6H,7-10H2,1-2H3,(H,15,16). The van der Waals surface area contributed by atoms with Gasteiger partial charge in [-0.2, -0.15) is 0 Å². The van der Waals surface area contributed by atoms with Crippen LogP contribution in [0, 0.1) is 0 Å². The molecule has 0 saturated carbocycles. The lowest BCUT2D eigenvalue weighted by Gasteiger charge is -2.25. The fraction of sp³-hybridized carbons (Fsp3) is 0.462. The minimum absolute atomic E-state index is 0.296. The largest absolute Gasteiger partial charge is 0.478 e. The molecule has 0 unspecified atom stereocenters. The third-order valence-corrected chi connectivity index (χ3v) is 2.61. The van der Waals surface area contributed by atoms with Crippen LogP contribution in [0.15, 0.2) is 24.3 Å². The third-order valence-electron chi connectivity index (χ3n) is 2.61. The number of ether oxygens (including phenoxy) is 2. The summed E-state index contributed by atoms with van der Waals surface area (Å²) in [5.41, 5.74) is 0.990. The average molecular weight is 253 g/mol. The quantitative estimate of drug-likeness (QED) is 0.760. The van der Waals surface area contributed by atoms with Gasteiger partial charge in [-0.15, -0.1) is 0 Å². The van der Waals surface area contributed by atoms with E-state index in [1.165, 1.54) is 0 Å². The zero-order valence-electron chi connectivity index (χ0n) is 10.8. The van der Waals surface area contributed by atoms with E-state index < -0.39 is 5.97 Å². The van der Waals surface area contributed by atoms with E-state index in [0.29, 0.717) is 37.6 Å². The maximum Gasteiger partial charge on any atom is 0.337 e. The molecule has 0 bridgehead atoms. The second-order valence-corrected chi connectivity index (χ2v) is 3.79. The smallest absolute Gasteiger partial charge is 0.337 e. The fourth-order valence-electron chi connectivity index (χ4n) is 1.69. The SMILES string of the molecule is COCCN(CCOC)c1ccccc1C(=O)O. The van der Waals surface area contributed by atoms with E-state index in [-0.39, 0.29) is 0 Å². The van der Waals surface area contributed by atoms with E-state index in [1.807, 2.05) is 11.0 Å². The first kappa shape index (κ1) is 14.5. The molecule has 0 heterocycles. The van der Waals surface area contributed by atoms with Crippen molar-refractivity contribution in [2.75, 3.05) is 45.4 Å². The van der Waals surface area contributed by atoms with Gasteiger partial charge in [-0.1, -0.05) is 12.1 Å². The zero-order valence-corrected chi connectivity index (χ0v) is 10.8. The topological polar surface area (TPSA) is 59.0 Å². The van der Waals surface area contributed by atoms with Crippen molar-refractivity contribution in [3.8, 4) is 0 Å². The molecule has 0 aliphatic rings. The van der Waals surface area contributed by atoms with Crippen molar-refractivity contribution in [1.82, 2.24) is 0 Å². The summed E-state index contributed by atoms with van der Waals surface area (Å²) < 4.78 is 10.1. The van der Waals surface area contributed by atoms with Crippen molar-refractivity contribution in [2.24, 2.45) is 0 Å². The Balaban J connectivity index is 2.92. The van der Waals surface area contributed by atoms with Crippen molar-refractivity contribution < 1.29 is 19.4 Å². The lowest BCUT2D eigenvalue weighted by atomic mass is 10.1. The highest BCUT2D eigenvalue weighted by molar-refractivity contribution is 5.94. The average Bonchev–Trinajstić information content (AvgIpc) is 2.39. The Kier molecular flexibility index (Phi) is 6.18. The summed E-state index contributed by atoms with van der Waals surface area (Å²) in [6, 6.07) is 6.95. The molecule has 0 amide bonds. The minimum Gasteiger partial charge on any atom is -0.478 e. The molecule has 0 spiro atoms. The molecule has 1 rings (SSSR count). The Bertz CT molecular complexity index is 373. The predicted molar refractivity (Wildman–Crippen MR) is 69.4 cm³/mol. The number of hydrogen-bond donors (Lipinski definition) is 1. The summed E-state index contributed by atoms with van der Waals surface area (Å²) in [5, 5.41) is 9.18. The molecule has 18 heavy (non-hydrogen) atoms. The number of hydrogen-bond acceptors (Lipinski definition) is 4. The van der Waals surface area contributed by atoms with Gasteiger partial charge in [0.2, 0.25) is 0 Å². The van der Waals surface area contributed by atoms with Gasteiger partial charge in [0.25, 0.3) is 0 Å². The van der Waals surface area contributed by atoms with Gasteiger partial charge in [-0.3, -0.25) is 0 Å². The van der Waals surface area contributed by atoms with Crippen LogP contribution in [0.4, 0.5) is 5.69 Å². The summed E-state index contributed by atoms with van der Waals surface area (Å²) in [7, 11) is 3.25. The number of carboxylic acids is 1. The molecule has 1 aromatic carbocycles. The van der Waals surface area contributed by atoms with Gasteiger partial charge >= 0.3 is 5.97 Å². The van der Waals surface area contributed by atoms with Crippen molar-refractivity contribution in [1.29, 1.82) is 0 Å². The number of methoxy groups -OCH3 is 2. The highest BCUT2D eigenvalue weighted by Crippen LogP contribution is 2.20. The molecule has 0 aliphatic carbocycles. The van der Waals surface area contributed by atoms with Crippen LogP contribution in [0.3, 0.4) is 0 Å². The van der Waals surface area contributed by atoms with E-state index >= 15 is 0 Å². The molecule has 0 aromatic heterocycles. The van der Waals surface area contributed by atoms with E-state index in [1.54, 1.807) is 32.4 Å². The molecule has 0 fully saturated rings. The van der Waals surface area contributed by atoms with Gasteiger partial charge in [0.15, 0.2) is 0 Å². The first-order valence-electron chi connectivity index (χ1n) is 5.75. The Morgan fingerprint density at radius 1 is 1.17 bits per heavy atom. The molecular weight excluding hydrogens is 234 g/mol. The predicted octanol–water partition coefficient (Wildman–Crippen LogP) is 1.48. The lowest BCUT2D eigenvalue weighted by molar-refractivity contribution is 0.0697. The number of benzene rings is 1. The van der Waals surface area contributed by atoms with Crippen LogP contribution in [0.2, 0.25) is 0 Å². The summed E-state index contributed by atoms with van der Waals surface area (Å²) >= 11 is 0. The van der Waals surface area contributed by atoms with Gasteiger partial charge in [0.1, 0.15) is 0 Å². The molecule has 0 atom stereocenters. The maximum atomic E-state index is 11.2. The number of rotatable bonds is 8.